The Labute approximate surface area is 140 Å². The highest BCUT2D eigenvalue weighted by Crippen LogP contribution is 2.26. The molecular formula is C19H32BrN. The molecule has 0 saturated carbocycles. The van der Waals surface area contributed by atoms with E-state index in [0.717, 1.165) is 6.54 Å². The van der Waals surface area contributed by atoms with Crippen LogP contribution in [0.15, 0.2) is 22.7 Å². The molecule has 0 spiro atoms. The van der Waals surface area contributed by atoms with Crippen LogP contribution in [-0.4, -0.2) is 6.54 Å². The lowest BCUT2D eigenvalue weighted by Gasteiger charge is -2.21. The van der Waals surface area contributed by atoms with Crippen molar-refractivity contribution < 1.29 is 0 Å². The molecule has 0 aliphatic heterocycles. The molecule has 1 atom stereocenters. The number of unbranched alkanes of at least 4 members (excludes halogenated alkanes) is 5. The fourth-order valence-corrected chi connectivity index (χ4v) is 3.18. The first kappa shape index (κ1) is 18.7. The fraction of sp³-hybridized carbons (Fsp3) is 0.684. The van der Waals surface area contributed by atoms with Gasteiger partial charge in [0.05, 0.1) is 0 Å². The first-order chi connectivity index (χ1) is 10.2. The molecule has 21 heavy (non-hydrogen) atoms. The summed E-state index contributed by atoms with van der Waals surface area (Å²) in [6, 6.07) is 7.16. The Bertz CT molecular complexity index is 389. The van der Waals surface area contributed by atoms with E-state index in [1.165, 1.54) is 67.0 Å². The highest BCUT2D eigenvalue weighted by molar-refractivity contribution is 9.10. The molecule has 1 nitrogen and oxygen atoms in total. The number of halogens is 1. The van der Waals surface area contributed by atoms with Gasteiger partial charge in [0, 0.05) is 10.5 Å². The lowest BCUT2D eigenvalue weighted by Crippen LogP contribution is -2.23. The number of benzene rings is 1. The van der Waals surface area contributed by atoms with Crippen molar-refractivity contribution >= 4 is 15.9 Å². The van der Waals surface area contributed by atoms with Crippen LogP contribution in [-0.2, 0) is 0 Å². The standard InChI is InChI=1S/C19H32BrN/c1-4-6-7-8-9-10-11-19(21-14-5-2)18-15-17(20)13-12-16(18)3/h12-13,15,19,21H,4-11,14H2,1-3H3. The number of hydrogen-bond acceptors (Lipinski definition) is 1. The van der Waals surface area contributed by atoms with E-state index in [1.54, 1.807) is 0 Å². The third-order valence-corrected chi connectivity index (χ3v) is 4.60. The van der Waals surface area contributed by atoms with E-state index in [4.69, 9.17) is 0 Å². The van der Waals surface area contributed by atoms with E-state index >= 15 is 0 Å². The van der Waals surface area contributed by atoms with Crippen LogP contribution >= 0.6 is 15.9 Å². The predicted octanol–water partition coefficient (Wildman–Crippen LogP) is 6.55. The molecule has 0 bridgehead atoms. The average molecular weight is 354 g/mol. The average Bonchev–Trinajstić information content (AvgIpc) is 2.48. The van der Waals surface area contributed by atoms with Gasteiger partial charge in [-0.05, 0) is 49.6 Å². The summed E-state index contributed by atoms with van der Waals surface area (Å²) < 4.78 is 1.19. The molecule has 0 radical (unpaired) electrons. The van der Waals surface area contributed by atoms with Gasteiger partial charge in [0.25, 0.3) is 0 Å². The van der Waals surface area contributed by atoms with E-state index < -0.39 is 0 Å². The zero-order valence-corrected chi connectivity index (χ0v) is 15.6. The summed E-state index contributed by atoms with van der Waals surface area (Å²) in [6.07, 6.45) is 10.7. The molecule has 0 heterocycles. The van der Waals surface area contributed by atoms with Gasteiger partial charge in [-0.15, -0.1) is 0 Å². The zero-order chi connectivity index (χ0) is 15.5. The molecule has 0 aliphatic carbocycles. The van der Waals surface area contributed by atoms with Crippen LogP contribution in [0.25, 0.3) is 0 Å². The minimum absolute atomic E-state index is 0.508. The van der Waals surface area contributed by atoms with Crippen molar-refractivity contribution in [3.63, 3.8) is 0 Å². The molecule has 1 N–H and O–H groups in total. The first-order valence-electron chi connectivity index (χ1n) is 8.68. The second-order valence-electron chi connectivity index (χ2n) is 6.06. The molecule has 1 unspecified atom stereocenters. The maximum absolute atomic E-state index is 3.73. The maximum Gasteiger partial charge on any atom is 0.0323 e. The van der Waals surface area contributed by atoms with Gasteiger partial charge in [-0.2, -0.15) is 0 Å². The molecule has 0 amide bonds. The largest absolute Gasteiger partial charge is 0.310 e. The fourth-order valence-electron chi connectivity index (χ4n) is 2.80. The van der Waals surface area contributed by atoms with Gasteiger partial charge in [0.2, 0.25) is 0 Å². The van der Waals surface area contributed by atoms with Crippen LogP contribution in [0.4, 0.5) is 0 Å². The Morgan fingerprint density at radius 2 is 1.71 bits per heavy atom. The van der Waals surface area contributed by atoms with Crippen LogP contribution in [0.1, 0.15) is 82.4 Å². The summed E-state index contributed by atoms with van der Waals surface area (Å²) in [5.41, 5.74) is 2.86. The molecule has 120 valence electrons. The van der Waals surface area contributed by atoms with Gasteiger partial charge in [0.1, 0.15) is 0 Å². The summed E-state index contributed by atoms with van der Waals surface area (Å²) in [7, 11) is 0. The molecule has 1 aromatic rings. The second kappa shape index (κ2) is 11.3. The highest BCUT2D eigenvalue weighted by Gasteiger charge is 2.13. The third kappa shape index (κ3) is 7.46. The third-order valence-electron chi connectivity index (χ3n) is 4.10. The van der Waals surface area contributed by atoms with E-state index in [9.17, 15) is 0 Å². The van der Waals surface area contributed by atoms with Crippen LogP contribution in [0.2, 0.25) is 0 Å². The molecule has 0 aliphatic rings. The molecule has 0 aromatic heterocycles. The monoisotopic (exact) mass is 353 g/mol. The van der Waals surface area contributed by atoms with Gasteiger partial charge in [-0.25, -0.2) is 0 Å². The van der Waals surface area contributed by atoms with Crippen molar-refractivity contribution in [1.29, 1.82) is 0 Å². The molecular weight excluding hydrogens is 322 g/mol. The Hall–Kier alpha value is -0.340. The Morgan fingerprint density at radius 3 is 2.43 bits per heavy atom. The summed E-state index contributed by atoms with van der Waals surface area (Å²) in [5.74, 6) is 0. The van der Waals surface area contributed by atoms with Gasteiger partial charge in [-0.1, -0.05) is 74.4 Å². The Balaban J connectivity index is 2.52. The van der Waals surface area contributed by atoms with Gasteiger partial charge >= 0.3 is 0 Å². The van der Waals surface area contributed by atoms with Gasteiger partial charge in [0.15, 0.2) is 0 Å². The quantitative estimate of drug-likeness (QED) is 0.444. The summed E-state index contributed by atoms with van der Waals surface area (Å²) in [6.45, 7) is 7.85. The van der Waals surface area contributed by atoms with E-state index in [0.29, 0.717) is 6.04 Å². The molecule has 2 heteroatoms. The van der Waals surface area contributed by atoms with Crippen molar-refractivity contribution in [2.75, 3.05) is 6.54 Å². The van der Waals surface area contributed by atoms with E-state index in [1.807, 2.05) is 0 Å². The van der Waals surface area contributed by atoms with Crippen molar-refractivity contribution in [3.8, 4) is 0 Å². The highest BCUT2D eigenvalue weighted by atomic mass is 79.9. The Morgan fingerprint density at radius 1 is 1.00 bits per heavy atom. The van der Waals surface area contributed by atoms with E-state index in [-0.39, 0.29) is 0 Å². The summed E-state index contributed by atoms with van der Waals surface area (Å²) in [4.78, 5) is 0. The molecule has 1 aromatic carbocycles. The summed E-state index contributed by atoms with van der Waals surface area (Å²) >= 11 is 3.62. The van der Waals surface area contributed by atoms with Crippen LogP contribution in [0, 0.1) is 6.92 Å². The number of aryl methyl sites for hydroxylation is 1. The minimum Gasteiger partial charge on any atom is -0.310 e. The first-order valence-corrected chi connectivity index (χ1v) is 9.47. The van der Waals surface area contributed by atoms with Crippen molar-refractivity contribution in [3.05, 3.63) is 33.8 Å². The van der Waals surface area contributed by atoms with Gasteiger partial charge < -0.3 is 5.32 Å². The van der Waals surface area contributed by atoms with Crippen molar-refractivity contribution in [2.24, 2.45) is 0 Å². The lowest BCUT2D eigenvalue weighted by atomic mass is 9.96. The molecule has 1 rings (SSSR count). The van der Waals surface area contributed by atoms with Gasteiger partial charge in [-0.3, -0.25) is 0 Å². The topological polar surface area (TPSA) is 12.0 Å². The van der Waals surface area contributed by atoms with Crippen LogP contribution in [0.3, 0.4) is 0 Å². The molecule has 0 fully saturated rings. The van der Waals surface area contributed by atoms with E-state index in [2.05, 4.69) is 60.2 Å². The van der Waals surface area contributed by atoms with Crippen molar-refractivity contribution in [1.82, 2.24) is 5.32 Å². The smallest absolute Gasteiger partial charge is 0.0323 e. The number of rotatable bonds is 11. The zero-order valence-electron chi connectivity index (χ0n) is 14.1. The van der Waals surface area contributed by atoms with Crippen molar-refractivity contribution in [2.45, 2.75) is 78.2 Å². The maximum atomic E-state index is 3.73. The predicted molar refractivity (Wildman–Crippen MR) is 97.9 cm³/mol. The minimum atomic E-state index is 0.508. The molecule has 0 saturated heterocycles. The normalized spacial score (nSPS) is 12.6. The second-order valence-corrected chi connectivity index (χ2v) is 6.98. The lowest BCUT2D eigenvalue weighted by molar-refractivity contribution is 0.465. The number of nitrogens with one attached hydrogen (secondary N) is 1. The van der Waals surface area contributed by atoms with Crippen LogP contribution in [0.5, 0.6) is 0 Å². The summed E-state index contributed by atoms with van der Waals surface area (Å²) in [5, 5.41) is 3.73. The SMILES string of the molecule is CCCCCCCCC(NCCC)c1cc(Br)ccc1C. The Kier molecular flexibility index (Phi) is 10.0. The number of hydrogen-bond donors (Lipinski definition) is 1. The van der Waals surface area contributed by atoms with Crippen LogP contribution < -0.4 is 5.32 Å².